The summed E-state index contributed by atoms with van der Waals surface area (Å²) < 4.78 is 5.63. The first-order chi connectivity index (χ1) is 11.9. The van der Waals surface area contributed by atoms with Crippen molar-refractivity contribution in [3.05, 3.63) is 29.8 Å². The van der Waals surface area contributed by atoms with Gasteiger partial charge in [0.05, 0.1) is 5.60 Å². The first-order valence-corrected chi connectivity index (χ1v) is 9.38. The Labute approximate surface area is 150 Å². The van der Waals surface area contributed by atoms with E-state index >= 15 is 0 Å². The summed E-state index contributed by atoms with van der Waals surface area (Å²) in [6.45, 7) is 8.61. The van der Waals surface area contributed by atoms with Crippen LogP contribution in [-0.4, -0.2) is 59.2 Å². The molecule has 25 heavy (non-hydrogen) atoms. The lowest BCUT2D eigenvalue weighted by molar-refractivity contribution is -0.132. The number of hydrogen-bond acceptors (Lipinski definition) is 4. The Bertz CT molecular complexity index is 579. The molecule has 0 spiro atoms. The lowest BCUT2D eigenvalue weighted by atomic mass is 9.84. The Hall–Kier alpha value is -1.59. The number of likely N-dealkylation sites (tertiary alicyclic amines) is 2. The van der Waals surface area contributed by atoms with Crippen LogP contribution in [0.3, 0.4) is 0 Å². The van der Waals surface area contributed by atoms with E-state index in [2.05, 4.69) is 24.0 Å². The van der Waals surface area contributed by atoms with Crippen molar-refractivity contribution in [1.29, 1.82) is 0 Å². The van der Waals surface area contributed by atoms with Crippen molar-refractivity contribution in [2.24, 2.45) is 5.92 Å². The molecule has 0 bridgehead atoms. The van der Waals surface area contributed by atoms with Gasteiger partial charge in [-0.1, -0.05) is 19.1 Å². The summed E-state index contributed by atoms with van der Waals surface area (Å²) in [4.78, 5) is 16.3. The molecule has 2 aliphatic rings. The number of aliphatic hydroxyl groups is 1. The second-order valence-corrected chi connectivity index (χ2v) is 7.76. The first kappa shape index (κ1) is 18.2. The van der Waals surface area contributed by atoms with Crippen molar-refractivity contribution in [3.63, 3.8) is 0 Å². The van der Waals surface area contributed by atoms with Crippen LogP contribution < -0.4 is 4.74 Å². The maximum Gasteiger partial charge on any atom is 0.260 e. The largest absolute Gasteiger partial charge is 0.484 e. The number of carbonyl (C=O) groups excluding carboxylic acids is 1. The third-order valence-electron chi connectivity index (χ3n) is 5.68. The van der Waals surface area contributed by atoms with E-state index in [0.717, 1.165) is 57.7 Å². The van der Waals surface area contributed by atoms with Gasteiger partial charge in [0.15, 0.2) is 6.61 Å². The molecule has 0 saturated carbocycles. The molecule has 1 amide bonds. The minimum Gasteiger partial charge on any atom is -0.484 e. The quantitative estimate of drug-likeness (QED) is 0.889. The van der Waals surface area contributed by atoms with Crippen LogP contribution in [0.2, 0.25) is 0 Å². The van der Waals surface area contributed by atoms with E-state index in [1.54, 1.807) is 0 Å². The molecular weight excluding hydrogens is 316 g/mol. The Morgan fingerprint density at radius 1 is 1.24 bits per heavy atom. The van der Waals surface area contributed by atoms with Gasteiger partial charge in [0.1, 0.15) is 5.75 Å². The molecule has 2 saturated heterocycles. The fourth-order valence-electron chi connectivity index (χ4n) is 3.60. The third-order valence-corrected chi connectivity index (χ3v) is 5.68. The number of ether oxygens (including phenoxy) is 1. The van der Waals surface area contributed by atoms with Gasteiger partial charge in [-0.25, -0.2) is 0 Å². The van der Waals surface area contributed by atoms with Crippen LogP contribution in [0.1, 0.15) is 38.7 Å². The Balaban J connectivity index is 1.46. The van der Waals surface area contributed by atoms with Crippen molar-refractivity contribution >= 4 is 5.91 Å². The number of piperidine rings is 1. The Kier molecular flexibility index (Phi) is 5.64. The van der Waals surface area contributed by atoms with E-state index in [9.17, 15) is 9.90 Å². The van der Waals surface area contributed by atoms with E-state index in [1.807, 2.05) is 24.0 Å². The summed E-state index contributed by atoms with van der Waals surface area (Å²) >= 11 is 0. The predicted molar refractivity (Wildman–Crippen MR) is 97.4 cm³/mol. The molecule has 1 aromatic rings. The maximum absolute atomic E-state index is 12.0. The number of amides is 1. The van der Waals surface area contributed by atoms with E-state index in [-0.39, 0.29) is 18.4 Å². The highest BCUT2D eigenvalue weighted by Gasteiger charge is 2.34. The van der Waals surface area contributed by atoms with Crippen molar-refractivity contribution in [2.75, 3.05) is 32.8 Å². The fourth-order valence-corrected chi connectivity index (χ4v) is 3.60. The highest BCUT2D eigenvalue weighted by atomic mass is 16.5. The average molecular weight is 346 g/mol. The molecule has 0 radical (unpaired) electrons. The fraction of sp³-hybridized carbons (Fsp3) is 0.650. The minimum absolute atomic E-state index is 0.0796. The number of hydrogen-bond donors (Lipinski definition) is 1. The van der Waals surface area contributed by atoms with Gasteiger partial charge < -0.3 is 14.7 Å². The monoisotopic (exact) mass is 346 g/mol. The molecule has 0 aromatic heterocycles. The van der Waals surface area contributed by atoms with Crippen LogP contribution >= 0.6 is 0 Å². The molecule has 0 aliphatic carbocycles. The van der Waals surface area contributed by atoms with Gasteiger partial charge in [-0.2, -0.15) is 0 Å². The number of carbonyl (C=O) groups is 1. The van der Waals surface area contributed by atoms with Crippen LogP contribution in [0.25, 0.3) is 0 Å². The van der Waals surface area contributed by atoms with Gasteiger partial charge in [-0.05, 0) is 49.8 Å². The minimum atomic E-state index is -0.546. The standard InChI is InChI=1S/C20H30N2O3/c1-16-13-21(12-9-20(16,2)24)14-17-5-7-18(8-6-17)25-15-19(23)22-10-3-4-11-22/h5-8,16,24H,3-4,9-15H2,1-2H3/t16-,20+/m1/s1. The predicted octanol–water partition coefficient (Wildman–Crippen LogP) is 2.28. The third kappa shape index (κ3) is 4.73. The van der Waals surface area contributed by atoms with E-state index in [1.165, 1.54) is 5.56 Å². The van der Waals surface area contributed by atoms with E-state index in [4.69, 9.17) is 4.74 Å². The van der Waals surface area contributed by atoms with Crippen molar-refractivity contribution in [3.8, 4) is 5.75 Å². The van der Waals surface area contributed by atoms with Gasteiger partial charge in [0.2, 0.25) is 0 Å². The van der Waals surface area contributed by atoms with Crippen molar-refractivity contribution < 1.29 is 14.6 Å². The van der Waals surface area contributed by atoms with Crippen molar-refractivity contribution in [1.82, 2.24) is 9.80 Å². The molecule has 3 rings (SSSR count). The van der Waals surface area contributed by atoms with Crippen LogP contribution in [0.4, 0.5) is 0 Å². The molecule has 2 heterocycles. The lowest BCUT2D eigenvalue weighted by Gasteiger charge is -2.41. The van der Waals surface area contributed by atoms with Crippen LogP contribution in [0, 0.1) is 5.92 Å². The van der Waals surface area contributed by atoms with Gasteiger partial charge in [0.25, 0.3) is 5.91 Å². The number of benzene rings is 1. The molecule has 5 heteroatoms. The van der Waals surface area contributed by atoms with Gasteiger partial charge in [-0.15, -0.1) is 0 Å². The number of rotatable bonds is 5. The second kappa shape index (κ2) is 7.75. The number of nitrogens with zero attached hydrogens (tertiary/aromatic N) is 2. The molecule has 1 N–H and O–H groups in total. The highest BCUT2D eigenvalue weighted by Crippen LogP contribution is 2.28. The zero-order valence-corrected chi connectivity index (χ0v) is 15.4. The first-order valence-electron chi connectivity index (χ1n) is 9.38. The Morgan fingerprint density at radius 2 is 1.92 bits per heavy atom. The van der Waals surface area contributed by atoms with Crippen molar-refractivity contribution in [2.45, 2.75) is 45.3 Å². The zero-order valence-electron chi connectivity index (χ0n) is 15.4. The molecule has 2 atom stereocenters. The van der Waals surface area contributed by atoms with Crippen LogP contribution in [0.15, 0.2) is 24.3 Å². The van der Waals surface area contributed by atoms with Gasteiger partial charge in [0, 0.05) is 32.7 Å². The summed E-state index contributed by atoms with van der Waals surface area (Å²) in [6, 6.07) is 8.01. The summed E-state index contributed by atoms with van der Waals surface area (Å²) in [5.74, 6) is 1.10. The van der Waals surface area contributed by atoms with Crippen LogP contribution in [0.5, 0.6) is 5.75 Å². The topological polar surface area (TPSA) is 53.0 Å². The Morgan fingerprint density at radius 3 is 2.56 bits per heavy atom. The molecule has 138 valence electrons. The summed E-state index contributed by atoms with van der Waals surface area (Å²) in [7, 11) is 0. The molecular formula is C20H30N2O3. The highest BCUT2D eigenvalue weighted by molar-refractivity contribution is 5.78. The van der Waals surface area contributed by atoms with Gasteiger partial charge in [-0.3, -0.25) is 9.69 Å². The smallest absolute Gasteiger partial charge is 0.260 e. The second-order valence-electron chi connectivity index (χ2n) is 7.76. The maximum atomic E-state index is 12.0. The van der Waals surface area contributed by atoms with Crippen LogP contribution in [-0.2, 0) is 11.3 Å². The summed E-state index contributed by atoms with van der Waals surface area (Å²) in [5.41, 5.74) is 0.683. The van der Waals surface area contributed by atoms with E-state index < -0.39 is 5.60 Å². The molecule has 1 aromatic carbocycles. The average Bonchev–Trinajstić information content (AvgIpc) is 3.12. The molecule has 5 nitrogen and oxygen atoms in total. The lowest BCUT2D eigenvalue weighted by Crippen LogP contribution is -2.48. The van der Waals surface area contributed by atoms with Gasteiger partial charge >= 0.3 is 0 Å². The molecule has 2 fully saturated rings. The normalized spacial score (nSPS) is 27.5. The molecule has 2 aliphatic heterocycles. The summed E-state index contributed by atoms with van der Waals surface area (Å²) in [5, 5.41) is 10.3. The summed E-state index contributed by atoms with van der Waals surface area (Å²) in [6.07, 6.45) is 3.02. The van der Waals surface area contributed by atoms with E-state index in [0.29, 0.717) is 0 Å². The zero-order chi connectivity index (χ0) is 17.9. The molecule has 0 unspecified atom stereocenters. The SMILES string of the molecule is C[C@@H]1CN(Cc2ccc(OCC(=O)N3CCCC3)cc2)CC[C@]1(C)O.